The first-order chi connectivity index (χ1) is 6.57. The van der Waals surface area contributed by atoms with Crippen molar-refractivity contribution >= 4 is 5.97 Å². The number of carbonyl (C=O) groups is 1. The summed E-state index contributed by atoms with van der Waals surface area (Å²) in [6, 6.07) is -0.497. The predicted octanol–water partition coefficient (Wildman–Crippen LogP) is 1.17. The Morgan fingerprint density at radius 2 is 2.00 bits per heavy atom. The number of unbranched alkanes of at least 4 members (excludes halogenated alkanes) is 2. The van der Waals surface area contributed by atoms with Crippen LogP contribution in [0.15, 0.2) is 0 Å². The Bertz CT molecular complexity index is 162. The third-order valence-corrected chi connectivity index (χ3v) is 2.10. The lowest BCUT2D eigenvalue weighted by atomic mass is 10.2. The minimum atomic E-state index is -0.813. The lowest BCUT2D eigenvalue weighted by Crippen LogP contribution is -2.47. The van der Waals surface area contributed by atoms with Crippen molar-refractivity contribution in [1.82, 2.24) is 10.6 Å². The highest BCUT2D eigenvalue weighted by atomic mass is 16.4. The number of carboxylic acid groups (broad SMARTS) is 1. The van der Waals surface area contributed by atoms with E-state index >= 15 is 0 Å². The predicted molar refractivity (Wildman–Crippen MR) is 57.2 cm³/mol. The van der Waals surface area contributed by atoms with Crippen LogP contribution in [0.3, 0.4) is 0 Å². The van der Waals surface area contributed by atoms with E-state index < -0.39 is 12.0 Å². The van der Waals surface area contributed by atoms with Gasteiger partial charge in [0.1, 0.15) is 6.04 Å². The molecule has 0 fully saturated rings. The quantitative estimate of drug-likeness (QED) is 0.408. The lowest BCUT2D eigenvalue weighted by Gasteiger charge is -2.18. The molecule has 0 aromatic rings. The van der Waals surface area contributed by atoms with Gasteiger partial charge in [-0.05, 0) is 26.8 Å². The van der Waals surface area contributed by atoms with Crippen molar-refractivity contribution in [1.29, 1.82) is 0 Å². The molecule has 0 saturated carbocycles. The molecule has 84 valence electrons. The Hall–Kier alpha value is -0.610. The van der Waals surface area contributed by atoms with Gasteiger partial charge in [-0.2, -0.15) is 0 Å². The van der Waals surface area contributed by atoms with Crippen LogP contribution in [0.25, 0.3) is 0 Å². The van der Waals surface area contributed by atoms with Crippen molar-refractivity contribution in [2.45, 2.75) is 52.2 Å². The Labute approximate surface area is 86.1 Å². The van der Waals surface area contributed by atoms with E-state index in [1.807, 2.05) is 6.92 Å². The van der Waals surface area contributed by atoms with E-state index in [0.29, 0.717) is 0 Å². The SMILES string of the molecule is CCCCCNC(C)NC(C)C(=O)O. The molecule has 2 unspecified atom stereocenters. The minimum absolute atomic E-state index is 0.0537. The molecule has 3 N–H and O–H groups in total. The van der Waals surface area contributed by atoms with Crippen LogP contribution in [0.4, 0.5) is 0 Å². The first-order valence-corrected chi connectivity index (χ1v) is 5.30. The lowest BCUT2D eigenvalue weighted by molar-refractivity contribution is -0.139. The van der Waals surface area contributed by atoms with Crippen molar-refractivity contribution in [3.8, 4) is 0 Å². The number of carboxylic acids is 1. The largest absolute Gasteiger partial charge is 0.480 e. The maximum Gasteiger partial charge on any atom is 0.320 e. The molecular weight excluding hydrogens is 180 g/mol. The van der Waals surface area contributed by atoms with Crippen LogP contribution in [-0.2, 0) is 4.79 Å². The van der Waals surface area contributed by atoms with E-state index in [2.05, 4.69) is 17.6 Å². The van der Waals surface area contributed by atoms with Gasteiger partial charge < -0.3 is 10.4 Å². The highest BCUT2D eigenvalue weighted by Gasteiger charge is 2.12. The molecule has 4 nitrogen and oxygen atoms in total. The summed E-state index contributed by atoms with van der Waals surface area (Å²) in [7, 11) is 0. The van der Waals surface area contributed by atoms with E-state index in [4.69, 9.17) is 5.11 Å². The Kier molecular flexibility index (Phi) is 7.42. The molecule has 0 rings (SSSR count). The standard InChI is InChI=1S/C10H22N2O2/c1-4-5-6-7-11-9(3)12-8(2)10(13)14/h8-9,11-12H,4-7H2,1-3H3,(H,13,14). The Morgan fingerprint density at radius 3 is 2.50 bits per heavy atom. The molecule has 2 atom stereocenters. The Morgan fingerprint density at radius 1 is 1.36 bits per heavy atom. The van der Waals surface area contributed by atoms with Gasteiger partial charge in [-0.1, -0.05) is 19.8 Å². The summed E-state index contributed by atoms with van der Waals surface area (Å²) < 4.78 is 0. The fourth-order valence-electron chi connectivity index (χ4n) is 1.20. The molecule has 0 aromatic heterocycles. The number of hydrogen-bond acceptors (Lipinski definition) is 3. The molecule has 0 heterocycles. The molecule has 14 heavy (non-hydrogen) atoms. The van der Waals surface area contributed by atoms with E-state index in [-0.39, 0.29) is 6.17 Å². The summed E-state index contributed by atoms with van der Waals surface area (Å²) in [6.07, 6.45) is 3.62. The van der Waals surface area contributed by atoms with Crippen molar-refractivity contribution in [3.63, 3.8) is 0 Å². The molecule has 0 bridgehead atoms. The number of rotatable bonds is 8. The summed E-state index contributed by atoms with van der Waals surface area (Å²) in [4.78, 5) is 10.5. The van der Waals surface area contributed by atoms with Crippen LogP contribution < -0.4 is 10.6 Å². The molecule has 0 aliphatic rings. The van der Waals surface area contributed by atoms with E-state index in [1.54, 1.807) is 6.92 Å². The van der Waals surface area contributed by atoms with Gasteiger partial charge in [-0.3, -0.25) is 10.1 Å². The molecule has 0 radical (unpaired) electrons. The van der Waals surface area contributed by atoms with Gasteiger partial charge in [0.05, 0.1) is 6.17 Å². The molecule has 0 amide bonds. The van der Waals surface area contributed by atoms with E-state index in [1.165, 1.54) is 12.8 Å². The zero-order chi connectivity index (χ0) is 11.0. The number of aliphatic carboxylic acids is 1. The fraction of sp³-hybridized carbons (Fsp3) is 0.900. The van der Waals surface area contributed by atoms with E-state index in [0.717, 1.165) is 13.0 Å². The molecular formula is C10H22N2O2. The third-order valence-electron chi connectivity index (χ3n) is 2.10. The number of nitrogens with one attached hydrogen (secondary N) is 2. The summed E-state index contributed by atoms with van der Waals surface area (Å²) in [5.41, 5.74) is 0. The highest BCUT2D eigenvalue weighted by molar-refractivity contribution is 5.72. The average molecular weight is 202 g/mol. The van der Waals surface area contributed by atoms with Gasteiger partial charge in [0.15, 0.2) is 0 Å². The average Bonchev–Trinajstić information content (AvgIpc) is 2.12. The van der Waals surface area contributed by atoms with Crippen molar-refractivity contribution in [2.24, 2.45) is 0 Å². The number of hydrogen-bond donors (Lipinski definition) is 3. The maximum absolute atomic E-state index is 10.5. The molecule has 0 aliphatic carbocycles. The molecule has 0 aromatic carbocycles. The molecule has 4 heteroatoms. The van der Waals surface area contributed by atoms with Crippen LogP contribution in [-0.4, -0.2) is 29.8 Å². The minimum Gasteiger partial charge on any atom is -0.480 e. The van der Waals surface area contributed by atoms with Gasteiger partial charge in [-0.25, -0.2) is 0 Å². The maximum atomic E-state index is 10.5. The third kappa shape index (κ3) is 6.86. The van der Waals surface area contributed by atoms with Gasteiger partial charge in [0.25, 0.3) is 0 Å². The molecule has 0 aliphatic heterocycles. The smallest absolute Gasteiger partial charge is 0.320 e. The summed E-state index contributed by atoms with van der Waals surface area (Å²) in [5.74, 6) is -0.813. The Balaban J connectivity index is 3.45. The van der Waals surface area contributed by atoms with Crippen LogP contribution >= 0.6 is 0 Å². The van der Waals surface area contributed by atoms with E-state index in [9.17, 15) is 4.79 Å². The van der Waals surface area contributed by atoms with Gasteiger partial charge in [-0.15, -0.1) is 0 Å². The first-order valence-electron chi connectivity index (χ1n) is 5.30. The van der Waals surface area contributed by atoms with Crippen molar-refractivity contribution < 1.29 is 9.90 Å². The van der Waals surface area contributed by atoms with Crippen molar-refractivity contribution in [3.05, 3.63) is 0 Å². The summed E-state index contributed by atoms with van der Waals surface area (Å²) >= 11 is 0. The van der Waals surface area contributed by atoms with Crippen LogP contribution in [0.1, 0.15) is 40.0 Å². The second kappa shape index (κ2) is 7.76. The summed E-state index contributed by atoms with van der Waals surface area (Å²) in [6.45, 7) is 6.68. The topological polar surface area (TPSA) is 61.4 Å². The zero-order valence-corrected chi connectivity index (χ0v) is 9.34. The molecule has 0 saturated heterocycles. The highest BCUT2D eigenvalue weighted by Crippen LogP contribution is 1.92. The van der Waals surface area contributed by atoms with Gasteiger partial charge in [0.2, 0.25) is 0 Å². The summed E-state index contributed by atoms with van der Waals surface area (Å²) in [5, 5.41) is 14.8. The van der Waals surface area contributed by atoms with Gasteiger partial charge >= 0.3 is 5.97 Å². The molecule has 0 spiro atoms. The normalized spacial score (nSPS) is 15.1. The zero-order valence-electron chi connectivity index (χ0n) is 9.34. The van der Waals surface area contributed by atoms with Crippen LogP contribution in [0.2, 0.25) is 0 Å². The van der Waals surface area contributed by atoms with Crippen LogP contribution in [0.5, 0.6) is 0 Å². The fourth-order valence-corrected chi connectivity index (χ4v) is 1.20. The van der Waals surface area contributed by atoms with Crippen molar-refractivity contribution in [2.75, 3.05) is 6.54 Å². The van der Waals surface area contributed by atoms with Gasteiger partial charge in [0, 0.05) is 0 Å². The van der Waals surface area contributed by atoms with Crippen LogP contribution in [0, 0.1) is 0 Å². The second-order valence-electron chi connectivity index (χ2n) is 3.61. The first kappa shape index (κ1) is 13.4. The second-order valence-corrected chi connectivity index (χ2v) is 3.61. The monoisotopic (exact) mass is 202 g/mol.